The molecule has 7 rings (SSSR count). The summed E-state index contributed by atoms with van der Waals surface area (Å²) >= 11 is 26.7. The van der Waals surface area contributed by atoms with E-state index in [0.29, 0.717) is 27.3 Å². The van der Waals surface area contributed by atoms with Crippen LogP contribution in [0.5, 0.6) is 0 Å². The number of amides is 2. The van der Waals surface area contributed by atoms with Gasteiger partial charge >= 0.3 is 5.97 Å². The van der Waals surface area contributed by atoms with Crippen molar-refractivity contribution in [2.75, 3.05) is 6.61 Å². The van der Waals surface area contributed by atoms with E-state index < -0.39 is 57.8 Å². The molecule has 1 aliphatic heterocycles. The Morgan fingerprint density at radius 3 is 1.74 bits per heavy atom. The van der Waals surface area contributed by atoms with Gasteiger partial charge in [-0.05, 0) is 47.4 Å². The normalized spacial score (nSPS) is 27.1. The first-order valence-corrected chi connectivity index (χ1v) is 13.6. The molecule has 1 saturated heterocycles. The number of carbonyl (C=O) groups is 4. The van der Waals surface area contributed by atoms with E-state index >= 15 is 0 Å². The van der Waals surface area contributed by atoms with E-state index in [1.54, 1.807) is 0 Å². The second-order valence-electron chi connectivity index (χ2n) is 9.85. The van der Waals surface area contributed by atoms with E-state index in [-0.39, 0.29) is 10.6 Å². The van der Waals surface area contributed by atoms with Gasteiger partial charge in [0.2, 0.25) is 17.6 Å². The van der Waals surface area contributed by atoms with Crippen LogP contribution in [0.15, 0.2) is 66.7 Å². The maximum atomic E-state index is 13.9. The molecule has 2 bridgehead atoms. The number of rotatable bonds is 5. The largest absolute Gasteiger partial charge is 0.456 e. The molecule has 1 fully saturated rings. The maximum absolute atomic E-state index is 13.9. The summed E-state index contributed by atoms with van der Waals surface area (Å²) in [5.41, 5.74) is 2.76. The fraction of sp³-hybridized carbons (Fsp3) is 0.241. The summed E-state index contributed by atoms with van der Waals surface area (Å²) in [4.78, 5) is 51.7. The number of carbonyl (C=O) groups excluding carboxylic acids is 4. The first-order valence-electron chi connectivity index (χ1n) is 12.1. The van der Waals surface area contributed by atoms with Crippen molar-refractivity contribution in [1.29, 1.82) is 0 Å². The highest BCUT2D eigenvalue weighted by Crippen LogP contribution is 2.69. The van der Waals surface area contributed by atoms with E-state index in [1.807, 2.05) is 48.5 Å². The summed E-state index contributed by atoms with van der Waals surface area (Å²) < 4.78 is 5.22. The maximum Gasteiger partial charge on any atom is 0.329 e. The molecule has 3 atom stereocenters. The molecule has 0 aromatic heterocycles. The van der Waals surface area contributed by atoms with Gasteiger partial charge in [-0.1, -0.05) is 71.7 Å². The van der Waals surface area contributed by atoms with Crippen molar-refractivity contribution >= 4 is 70.0 Å². The van der Waals surface area contributed by atoms with Crippen molar-refractivity contribution in [2.24, 2.45) is 11.8 Å². The minimum atomic E-state index is -1.36. The number of hydrogen-bond acceptors (Lipinski definition) is 5. The standard InChI is InChI=1S/C29H19Cl4NO5/c1-14(27(38)39-13-22(35)16-11-10-15(30)12-21(16)31)34-25(36)23-24(26(34)37)29(33)18-7-3-2-6-17(18)28(23,32)19-8-4-5-9-20(19)29/h2-12,14,23-24H,13H2,1H3/t14-,23+,24+,28?,29?/m1/s1. The van der Waals surface area contributed by atoms with Gasteiger partial charge in [0.05, 0.1) is 16.9 Å². The van der Waals surface area contributed by atoms with Crippen molar-refractivity contribution in [3.63, 3.8) is 0 Å². The zero-order chi connectivity index (χ0) is 27.9. The molecule has 3 aromatic rings. The highest BCUT2D eigenvalue weighted by Gasteiger charge is 2.73. The lowest BCUT2D eigenvalue weighted by atomic mass is 9.54. The number of imide groups is 1. The summed E-state index contributed by atoms with van der Waals surface area (Å²) in [5.74, 6) is -4.81. The van der Waals surface area contributed by atoms with Crippen molar-refractivity contribution in [2.45, 2.75) is 22.7 Å². The van der Waals surface area contributed by atoms with Crippen LogP contribution < -0.4 is 0 Å². The first kappa shape index (κ1) is 26.3. The van der Waals surface area contributed by atoms with Crippen LogP contribution in [0.1, 0.15) is 39.5 Å². The smallest absolute Gasteiger partial charge is 0.329 e. The Kier molecular flexibility index (Phi) is 6.12. The molecule has 3 aliphatic carbocycles. The third-order valence-electron chi connectivity index (χ3n) is 7.92. The van der Waals surface area contributed by atoms with Gasteiger partial charge in [0.1, 0.15) is 15.8 Å². The fourth-order valence-electron chi connectivity index (χ4n) is 6.23. The van der Waals surface area contributed by atoms with Crippen molar-refractivity contribution in [1.82, 2.24) is 4.90 Å². The Labute approximate surface area is 243 Å². The van der Waals surface area contributed by atoms with Crippen LogP contribution in [0.4, 0.5) is 0 Å². The average Bonchev–Trinajstić information content (AvgIpc) is 3.20. The van der Waals surface area contributed by atoms with Gasteiger partial charge in [0, 0.05) is 10.6 Å². The average molecular weight is 603 g/mol. The summed E-state index contributed by atoms with van der Waals surface area (Å²) in [6.07, 6.45) is 0. The second-order valence-corrected chi connectivity index (χ2v) is 11.9. The Hall–Kier alpha value is -2.90. The Bertz CT molecular complexity index is 1480. The minimum absolute atomic E-state index is 0.111. The molecule has 4 aliphatic rings. The molecule has 39 heavy (non-hydrogen) atoms. The number of Topliss-reactive ketones (excluding diaryl/α,β-unsaturated/α-hetero) is 1. The van der Waals surface area contributed by atoms with E-state index in [1.165, 1.54) is 25.1 Å². The van der Waals surface area contributed by atoms with Gasteiger partial charge in [-0.3, -0.25) is 19.3 Å². The summed E-state index contributed by atoms with van der Waals surface area (Å²) in [6.45, 7) is 0.739. The first-order chi connectivity index (χ1) is 18.5. The highest BCUT2D eigenvalue weighted by molar-refractivity contribution is 6.37. The molecule has 0 radical (unpaired) electrons. The zero-order valence-electron chi connectivity index (χ0n) is 20.3. The lowest BCUT2D eigenvalue weighted by Crippen LogP contribution is -2.57. The van der Waals surface area contributed by atoms with Gasteiger partial charge in [0.15, 0.2) is 6.61 Å². The fourth-order valence-corrected chi connectivity index (χ4v) is 7.84. The number of esters is 1. The quantitative estimate of drug-likeness (QED) is 0.162. The molecular weight excluding hydrogens is 584 g/mol. The molecule has 1 heterocycles. The predicted octanol–water partition coefficient (Wildman–Crippen LogP) is 5.70. The molecule has 0 saturated carbocycles. The van der Waals surface area contributed by atoms with Crippen molar-refractivity contribution in [3.8, 4) is 0 Å². The summed E-state index contributed by atoms with van der Waals surface area (Å²) in [7, 11) is 0. The zero-order valence-corrected chi connectivity index (χ0v) is 23.3. The van der Waals surface area contributed by atoms with Gasteiger partial charge in [-0.15, -0.1) is 23.2 Å². The Morgan fingerprint density at radius 1 is 0.846 bits per heavy atom. The van der Waals surface area contributed by atoms with Crippen LogP contribution in [0.3, 0.4) is 0 Å². The van der Waals surface area contributed by atoms with Crippen LogP contribution in [-0.2, 0) is 28.9 Å². The lowest BCUT2D eigenvalue weighted by molar-refractivity contribution is -0.157. The third-order valence-corrected chi connectivity index (χ3v) is 9.76. The Morgan fingerprint density at radius 2 is 1.31 bits per heavy atom. The highest BCUT2D eigenvalue weighted by atomic mass is 35.5. The molecule has 198 valence electrons. The number of benzene rings is 3. The molecule has 6 nitrogen and oxygen atoms in total. The molecule has 2 amide bonds. The van der Waals surface area contributed by atoms with E-state index in [0.717, 1.165) is 4.90 Å². The topological polar surface area (TPSA) is 80.8 Å². The van der Waals surface area contributed by atoms with Crippen molar-refractivity contribution in [3.05, 3.63) is 105 Å². The van der Waals surface area contributed by atoms with Gasteiger partial charge < -0.3 is 4.74 Å². The lowest BCUT2D eigenvalue weighted by Gasteiger charge is -2.54. The monoisotopic (exact) mass is 601 g/mol. The molecule has 0 N–H and O–H groups in total. The van der Waals surface area contributed by atoms with E-state index in [2.05, 4.69) is 0 Å². The summed E-state index contributed by atoms with van der Waals surface area (Å²) in [6, 6.07) is 17.5. The van der Waals surface area contributed by atoms with E-state index in [4.69, 9.17) is 51.1 Å². The minimum Gasteiger partial charge on any atom is -0.456 e. The predicted molar refractivity (Wildman–Crippen MR) is 146 cm³/mol. The van der Waals surface area contributed by atoms with E-state index in [9.17, 15) is 19.2 Å². The number of alkyl halides is 2. The van der Waals surface area contributed by atoms with Crippen molar-refractivity contribution < 1.29 is 23.9 Å². The van der Waals surface area contributed by atoms with Crippen LogP contribution in [0, 0.1) is 11.8 Å². The van der Waals surface area contributed by atoms with Crippen LogP contribution in [0.2, 0.25) is 10.0 Å². The van der Waals surface area contributed by atoms with Gasteiger partial charge in [-0.25, -0.2) is 4.79 Å². The van der Waals surface area contributed by atoms with Crippen LogP contribution in [-0.4, -0.2) is 41.1 Å². The molecule has 0 unspecified atom stereocenters. The van der Waals surface area contributed by atoms with Gasteiger partial charge in [0.25, 0.3) is 0 Å². The van der Waals surface area contributed by atoms with Crippen LogP contribution in [0.25, 0.3) is 0 Å². The van der Waals surface area contributed by atoms with Crippen LogP contribution >= 0.6 is 46.4 Å². The number of hydrogen-bond donors (Lipinski definition) is 0. The molecule has 0 spiro atoms. The SMILES string of the molecule is C[C@H](C(=O)OCC(=O)c1ccc(Cl)cc1Cl)N1C(=O)[C@@H]2[C@@H](C1=O)C1(Cl)c3ccccc3C2(Cl)c2ccccc21. The molecule has 10 heteroatoms. The number of nitrogens with zero attached hydrogens (tertiary/aromatic N) is 1. The number of ether oxygens (including phenoxy) is 1. The van der Waals surface area contributed by atoms with Gasteiger partial charge in [-0.2, -0.15) is 0 Å². The number of likely N-dealkylation sites (tertiary alicyclic amines) is 1. The second kappa shape index (κ2) is 9.07. The summed E-state index contributed by atoms with van der Waals surface area (Å²) in [5, 5.41) is 0.460. The third kappa shape index (κ3) is 3.48. The molecule has 3 aromatic carbocycles. The number of halogens is 4. The number of ketones is 1. The molecular formula is C29H19Cl4NO5. The Balaban J connectivity index is 1.32.